The molecule has 1 aliphatic carbocycles. The summed E-state index contributed by atoms with van der Waals surface area (Å²) in [6.45, 7) is 7.84. The first-order valence-corrected chi connectivity index (χ1v) is 6.40. The lowest BCUT2D eigenvalue weighted by Crippen LogP contribution is -2.42. The van der Waals surface area contributed by atoms with Crippen LogP contribution in [-0.2, 0) is 4.74 Å². The molecule has 1 fully saturated rings. The van der Waals surface area contributed by atoms with E-state index in [1.54, 1.807) is 7.11 Å². The van der Waals surface area contributed by atoms with Crippen LogP contribution in [0.3, 0.4) is 0 Å². The predicted molar refractivity (Wildman–Crippen MR) is 65.1 cm³/mol. The maximum absolute atomic E-state index is 5.33. The van der Waals surface area contributed by atoms with Crippen LogP contribution in [-0.4, -0.2) is 25.8 Å². The molecule has 0 aromatic heterocycles. The number of ether oxygens (including phenoxy) is 1. The van der Waals surface area contributed by atoms with E-state index >= 15 is 0 Å². The highest BCUT2D eigenvalue weighted by Crippen LogP contribution is 2.40. The predicted octanol–water partition coefficient (Wildman–Crippen LogP) is 2.97. The van der Waals surface area contributed by atoms with Gasteiger partial charge in [0.2, 0.25) is 0 Å². The minimum Gasteiger partial charge on any atom is -0.380 e. The minimum absolute atomic E-state index is 0.306. The molecule has 1 rings (SSSR count). The van der Waals surface area contributed by atoms with Crippen molar-refractivity contribution in [3.63, 3.8) is 0 Å². The van der Waals surface area contributed by atoms with E-state index in [1.807, 2.05) is 0 Å². The average Bonchev–Trinajstić information content (AvgIpc) is 2.74. The number of hydrogen-bond donors (Lipinski definition) is 1. The summed E-state index contributed by atoms with van der Waals surface area (Å²) in [4.78, 5) is 0. The van der Waals surface area contributed by atoms with Gasteiger partial charge in [0.25, 0.3) is 0 Å². The van der Waals surface area contributed by atoms with Gasteiger partial charge in [-0.3, -0.25) is 0 Å². The monoisotopic (exact) mass is 213 g/mol. The summed E-state index contributed by atoms with van der Waals surface area (Å²) >= 11 is 0. The number of nitrogens with one attached hydrogen (secondary N) is 1. The molecule has 0 amide bonds. The van der Waals surface area contributed by atoms with Crippen molar-refractivity contribution in [3.8, 4) is 0 Å². The Morgan fingerprint density at radius 3 is 2.33 bits per heavy atom. The minimum atomic E-state index is 0.306. The molecule has 1 N–H and O–H groups in total. The summed E-state index contributed by atoms with van der Waals surface area (Å²) in [5.41, 5.74) is 0.585. The molecule has 0 spiro atoms. The highest BCUT2D eigenvalue weighted by molar-refractivity contribution is 4.86. The highest BCUT2D eigenvalue weighted by atomic mass is 16.5. The molecule has 2 atom stereocenters. The van der Waals surface area contributed by atoms with Crippen molar-refractivity contribution >= 4 is 0 Å². The Kier molecular flexibility index (Phi) is 5.07. The standard InChI is InChI=1S/C13H27NO/c1-5-13(8-6-7-9-13)10-14-11(2)12(3)15-4/h11-12,14H,5-10H2,1-4H3. The van der Waals surface area contributed by atoms with E-state index in [9.17, 15) is 0 Å². The van der Waals surface area contributed by atoms with Gasteiger partial charge in [0.1, 0.15) is 0 Å². The molecule has 15 heavy (non-hydrogen) atoms. The lowest BCUT2D eigenvalue weighted by Gasteiger charge is -2.31. The first-order valence-electron chi connectivity index (χ1n) is 6.40. The van der Waals surface area contributed by atoms with Crippen molar-refractivity contribution < 1.29 is 4.74 Å². The molecule has 1 saturated carbocycles. The number of methoxy groups -OCH3 is 1. The summed E-state index contributed by atoms with van der Waals surface area (Å²) in [6.07, 6.45) is 7.27. The van der Waals surface area contributed by atoms with Gasteiger partial charge in [-0.25, -0.2) is 0 Å². The van der Waals surface area contributed by atoms with Crippen molar-refractivity contribution in [3.05, 3.63) is 0 Å². The van der Waals surface area contributed by atoms with E-state index in [0.29, 0.717) is 17.6 Å². The lowest BCUT2D eigenvalue weighted by molar-refractivity contribution is 0.0828. The molecule has 0 aromatic rings. The molecule has 2 nitrogen and oxygen atoms in total. The topological polar surface area (TPSA) is 21.3 Å². The molecule has 2 unspecified atom stereocenters. The zero-order chi connectivity index (χ0) is 11.3. The van der Waals surface area contributed by atoms with E-state index in [4.69, 9.17) is 4.74 Å². The smallest absolute Gasteiger partial charge is 0.0693 e. The second kappa shape index (κ2) is 5.86. The Bertz CT molecular complexity index is 175. The normalized spacial score (nSPS) is 24.0. The molecular weight excluding hydrogens is 186 g/mol. The largest absolute Gasteiger partial charge is 0.380 e. The summed E-state index contributed by atoms with van der Waals surface area (Å²) in [5, 5.41) is 3.64. The molecule has 0 radical (unpaired) electrons. The third kappa shape index (κ3) is 3.46. The lowest BCUT2D eigenvalue weighted by atomic mass is 9.83. The zero-order valence-corrected chi connectivity index (χ0v) is 10.8. The first kappa shape index (κ1) is 13.0. The van der Waals surface area contributed by atoms with E-state index in [2.05, 4.69) is 26.1 Å². The van der Waals surface area contributed by atoms with Gasteiger partial charge in [0.05, 0.1) is 6.10 Å². The summed E-state index contributed by atoms with van der Waals surface area (Å²) in [6, 6.07) is 0.457. The molecule has 90 valence electrons. The van der Waals surface area contributed by atoms with Crippen LogP contribution in [0, 0.1) is 5.41 Å². The first-order chi connectivity index (χ1) is 7.13. The van der Waals surface area contributed by atoms with E-state index < -0.39 is 0 Å². The van der Waals surface area contributed by atoms with Crippen LogP contribution in [0.5, 0.6) is 0 Å². The Hall–Kier alpha value is -0.0800. The van der Waals surface area contributed by atoms with Crippen LogP contribution in [0.15, 0.2) is 0 Å². The van der Waals surface area contributed by atoms with Gasteiger partial charge in [-0.15, -0.1) is 0 Å². The van der Waals surface area contributed by atoms with Gasteiger partial charge in [-0.1, -0.05) is 19.8 Å². The fraction of sp³-hybridized carbons (Fsp3) is 1.00. The molecule has 0 saturated heterocycles. The molecule has 1 aliphatic rings. The van der Waals surface area contributed by atoms with Gasteiger partial charge in [-0.05, 0) is 38.5 Å². The SMILES string of the molecule is CCC1(CNC(C)C(C)OC)CCCC1. The maximum Gasteiger partial charge on any atom is 0.0693 e. The van der Waals surface area contributed by atoms with Gasteiger partial charge < -0.3 is 10.1 Å². The molecule has 0 bridgehead atoms. The Morgan fingerprint density at radius 2 is 1.87 bits per heavy atom. The van der Waals surface area contributed by atoms with Crippen molar-refractivity contribution in [1.82, 2.24) is 5.32 Å². The Balaban J connectivity index is 2.34. The fourth-order valence-corrected chi connectivity index (χ4v) is 2.53. The van der Waals surface area contributed by atoms with Gasteiger partial charge >= 0.3 is 0 Å². The van der Waals surface area contributed by atoms with Gasteiger partial charge in [0.15, 0.2) is 0 Å². The van der Waals surface area contributed by atoms with Gasteiger partial charge in [0, 0.05) is 19.7 Å². The molecule has 0 heterocycles. The quantitative estimate of drug-likeness (QED) is 0.732. The van der Waals surface area contributed by atoms with Crippen LogP contribution in [0.2, 0.25) is 0 Å². The highest BCUT2D eigenvalue weighted by Gasteiger charge is 2.32. The average molecular weight is 213 g/mol. The van der Waals surface area contributed by atoms with E-state index in [1.165, 1.54) is 38.6 Å². The van der Waals surface area contributed by atoms with E-state index in [-0.39, 0.29) is 0 Å². The molecule has 0 aliphatic heterocycles. The van der Waals surface area contributed by atoms with Crippen molar-refractivity contribution in [2.24, 2.45) is 5.41 Å². The zero-order valence-electron chi connectivity index (χ0n) is 10.8. The summed E-state index contributed by atoms with van der Waals surface area (Å²) in [7, 11) is 1.79. The second-order valence-corrected chi connectivity index (χ2v) is 5.17. The van der Waals surface area contributed by atoms with Crippen LogP contribution in [0.4, 0.5) is 0 Å². The van der Waals surface area contributed by atoms with Crippen molar-refractivity contribution in [2.45, 2.75) is 65.0 Å². The fourth-order valence-electron chi connectivity index (χ4n) is 2.53. The third-order valence-corrected chi connectivity index (χ3v) is 4.29. The van der Waals surface area contributed by atoms with Crippen molar-refractivity contribution in [2.75, 3.05) is 13.7 Å². The molecular formula is C13H27NO. The molecule has 0 aromatic carbocycles. The summed E-state index contributed by atoms with van der Waals surface area (Å²) < 4.78 is 5.33. The molecule has 2 heteroatoms. The number of hydrogen-bond acceptors (Lipinski definition) is 2. The number of rotatable bonds is 6. The van der Waals surface area contributed by atoms with E-state index in [0.717, 1.165) is 0 Å². The summed E-state index contributed by atoms with van der Waals surface area (Å²) in [5.74, 6) is 0. The van der Waals surface area contributed by atoms with Crippen LogP contribution < -0.4 is 5.32 Å². The third-order valence-electron chi connectivity index (χ3n) is 4.29. The Labute approximate surface area is 94.8 Å². The Morgan fingerprint density at radius 1 is 1.27 bits per heavy atom. The van der Waals surface area contributed by atoms with Crippen LogP contribution in [0.25, 0.3) is 0 Å². The van der Waals surface area contributed by atoms with Crippen LogP contribution in [0.1, 0.15) is 52.9 Å². The maximum atomic E-state index is 5.33. The second-order valence-electron chi connectivity index (χ2n) is 5.17. The van der Waals surface area contributed by atoms with Gasteiger partial charge in [-0.2, -0.15) is 0 Å². The van der Waals surface area contributed by atoms with Crippen molar-refractivity contribution in [1.29, 1.82) is 0 Å². The van der Waals surface area contributed by atoms with Crippen LogP contribution >= 0.6 is 0 Å².